The van der Waals surface area contributed by atoms with Crippen LogP contribution in [0.3, 0.4) is 0 Å². The van der Waals surface area contributed by atoms with Gasteiger partial charge in [0.1, 0.15) is 16.7 Å². The standard InChI is InChI=1S/C19H24N4O4/c1-5-26-17(24)14-12-20-23-16(14)7-6-15(21-23)13-8-10-22(11-9-13)18(25)27-19(2,3)4/h6-8,12H,5,9-11H2,1-4H3. The molecule has 8 heteroatoms. The zero-order valence-electron chi connectivity index (χ0n) is 16.1. The van der Waals surface area contributed by atoms with E-state index in [2.05, 4.69) is 10.2 Å². The fourth-order valence-electron chi connectivity index (χ4n) is 2.81. The van der Waals surface area contributed by atoms with Crippen LogP contribution in [0.15, 0.2) is 24.4 Å². The SMILES string of the molecule is CCOC(=O)c1cnn2nc(C3=CCN(C(=O)OC(C)(C)C)CC3)ccc12. The van der Waals surface area contributed by atoms with Gasteiger partial charge in [0.25, 0.3) is 0 Å². The number of ether oxygens (including phenoxy) is 2. The van der Waals surface area contributed by atoms with Crippen molar-refractivity contribution in [3.63, 3.8) is 0 Å². The third-order valence-electron chi connectivity index (χ3n) is 4.07. The maximum Gasteiger partial charge on any atom is 0.410 e. The zero-order chi connectivity index (χ0) is 19.6. The van der Waals surface area contributed by atoms with E-state index < -0.39 is 11.6 Å². The van der Waals surface area contributed by atoms with Gasteiger partial charge in [-0.2, -0.15) is 14.8 Å². The molecule has 0 bridgehead atoms. The van der Waals surface area contributed by atoms with Crippen molar-refractivity contribution in [2.45, 2.75) is 39.7 Å². The van der Waals surface area contributed by atoms with Crippen molar-refractivity contribution in [1.29, 1.82) is 0 Å². The number of fused-ring (bicyclic) bond motifs is 1. The van der Waals surface area contributed by atoms with Crippen LogP contribution in [0.4, 0.5) is 4.79 Å². The van der Waals surface area contributed by atoms with Crippen LogP contribution in [0.1, 0.15) is 50.2 Å². The predicted molar refractivity (Wildman–Crippen MR) is 99.3 cm³/mol. The lowest BCUT2D eigenvalue weighted by molar-refractivity contribution is 0.0270. The lowest BCUT2D eigenvalue weighted by Gasteiger charge is -2.29. The number of esters is 1. The van der Waals surface area contributed by atoms with Gasteiger partial charge in [-0.25, -0.2) is 9.59 Å². The molecular formula is C19H24N4O4. The molecule has 3 heterocycles. The Morgan fingerprint density at radius 2 is 2.04 bits per heavy atom. The smallest absolute Gasteiger partial charge is 0.410 e. The Morgan fingerprint density at radius 3 is 2.67 bits per heavy atom. The van der Waals surface area contributed by atoms with Crippen molar-refractivity contribution in [1.82, 2.24) is 19.7 Å². The maximum atomic E-state index is 12.2. The first-order chi connectivity index (χ1) is 12.8. The number of carbonyl (C=O) groups excluding carboxylic acids is 2. The van der Waals surface area contributed by atoms with E-state index in [9.17, 15) is 9.59 Å². The van der Waals surface area contributed by atoms with Crippen molar-refractivity contribution >= 4 is 23.2 Å². The van der Waals surface area contributed by atoms with Crippen molar-refractivity contribution in [2.24, 2.45) is 0 Å². The van der Waals surface area contributed by atoms with E-state index in [4.69, 9.17) is 9.47 Å². The van der Waals surface area contributed by atoms with Gasteiger partial charge in [-0.3, -0.25) is 0 Å². The van der Waals surface area contributed by atoms with E-state index in [0.29, 0.717) is 37.2 Å². The molecule has 1 aliphatic rings. The van der Waals surface area contributed by atoms with Crippen LogP contribution in [0.25, 0.3) is 11.1 Å². The summed E-state index contributed by atoms with van der Waals surface area (Å²) >= 11 is 0. The second kappa shape index (κ2) is 7.38. The van der Waals surface area contributed by atoms with E-state index in [1.165, 1.54) is 10.8 Å². The molecule has 0 saturated heterocycles. The summed E-state index contributed by atoms with van der Waals surface area (Å²) < 4.78 is 11.9. The van der Waals surface area contributed by atoms with Crippen molar-refractivity contribution in [3.8, 4) is 0 Å². The molecule has 0 aromatic carbocycles. The molecule has 27 heavy (non-hydrogen) atoms. The molecule has 0 N–H and O–H groups in total. The van der Waals surface area contributed by atoms with Gasteiger partial charge in [0.15, 0.2) is 0 Å². The molecule has 0 fully saturated rings. The Hall–Kier alpha value is -2.90. The topological polar surface area (TPSA) is 86.0 Å². The highest BCUT2D eigenvalue weighted by Crippen LogP contribution is 2.23. The van der Waals surface area contributed by atoms with Crippen LogP contribution in [-0.4, -0.2) is 57.1 Å². The van der Waals surface area contributed by atoms with E-state index in [-0.39, 0.29) is 6.09 Å². The summed E-state index contributed by atoms with van der Waals surface area (Å²) in [4.78, 5) is 25.8. The molecular weight excluding hydrogens is 348 g/mol. The average Bonchev–Trinajstić information content (AvgIpc) is 3.04. The monoisotopic (exact) mass is 372 g/mol. The first-order valence-electron chi connectivity index (χ1n) is 8.98. The van der Waals surface area contributed by atoms with Crippen LogP contribution in [-0.2, 0) is 9.47 Å². The molecule has 8 nitrogen and oxygen atoms in total. The number of carbonyl (C=O) groups is 2. The van der Waals surface area contributed by atoms with E-state index in [1.807, 2.05) is 39.0 Å². The number of hydrogen-bond acceptors (Lipinski definition) is 6. The second-order valence-corrected chi connectivity index (χ2v) is 7.28. The average molecular weight is 372 g/mol. The molecule has 0 radical (unpaired) electrons. The Balaban J connectivity index is 1.75. The fourth-order valence-corrected chi connectivity index (χ4v) is 2.81. The maximum absolute atomic E-state index is 12.2. The molecule has 2 aromatic heterocycles. The van der Waals surface area contributed by atoms with E-state index in [1.54, 1.807) is 11.8 Å². The summed E-state index contributed by atoms with van der Waals surface area (Å²) in [6.45, 7) is 8.65. The minimum Gasteiger partial charge on any atom is -0.462 e. The van der Waals surface area contributed by atoms with Gasteiger partial charge in [-0.15, -0.1) is 0 Å². The van der Waals surface area contributed by atoms with Crippen LogP contribution >= 0.6 is 0 Å². The van der Waals surface area contributed by atoms with Crippen LogP contribution in [0.2, 0.25) is 0 Å². The summed E-state index contributed by atoms with van der Waals surface area (Å²) in [7, 11) is 0. The molecule has 0 atom stereocenters. The largest absolute Gasteiger partial charge is 0.462 e. The quantitative estimate of drug-likeness (QED) is 0.770. The summed E-state index contributed by atoms with van der Waals surface area (Å²) in [6, 6.07) is 3.66. The molecule has 0 aliphatic carbocycles. The van der Waals surface area contributed by atoms with Gasteiger partial charge < -0.3 is 14.4 Å². The molecule has 0 saturated carbocycles. The Morgan fingerprint density at radius 1 is 1.26 bits per heavy atom. The number of rotatable bonds is 3. The molecule has 0 unspecified atom stereocenters. The number of aromatic nitrogens is 3. The minimum absolute atomic E-state index is 0.308. The molecule has 1 aliphatic heterocycles. The molecule has 144 valence electrons. The van der Waals surface area contributed by atoms with Gasteiger partial charge >= 0.3 is 12.1 Å². The molecule has 2 aromatic rings. The summed E-state index contributed by atoms with van der Waals surface area (Å²) in [5, 5.41) is 8.64. The zero-order valence-corrected chi connectivity index (χ0v) is 16.1. The van der Waals surface area contributed by atoms with Gasteiger partial charge in [0.05, 0.1) is 18.5 Å². The highest BCUT2D eigenvalue weighted by molar-refractivity contribution is 5.96. The van der Waals surface area contributed by atoms with Gasteiger partial charge in [0, 0.05) is 13.1 Å². The molecule has 1 amide bonds. The van der Waals surface area contributed by atoms with Gasteiger partial charge in [0.2, 0.25) is 0 Å². The van der Waals surface area contributed by atoms with Crippen molar-refractivity contribution in [2.75, 3.05) is 19.7 Å². The Bertz CT molecular complexity index is 895. The van der Waals surface area contributed by atoms with Crippen LogP contribution in [0, 0.1) is 0 Å². The third-order valence-corrected chi connectivity index (χ3v) is 4.07. The van der Waals surface area contributed by atoms with E-state index in [0.717, 1.165) is 11.3 Å². The van der Waals surface area contributed by atoms with Gasteiger partial charge in [-0.05, 0) is 51.8 Å². The fraction of sp³-hybridized carbons (Fsp3) is 0.474. The predicted octanol–water partition coefficient (Wildman–Crippen LogP) is 2.93. The van der Waals surface area contributed by atoms with E-state index >= 15 is 0 Å². The van der Waals surface area contributed by atoms with Crippen LogP contribution in [0.5, 0.6) is 0 Å². The normalized spacial score (nSPS) is 14.8. The van der Waals surface area contributed by atoms with Crippen molar-refractivity contribution < 1.29 is 19.1 Å². The highest BCUT2D eigenvalue weighted by Gasteiger charge is 2.24. The first kappa shape index (κ1) is 18.9. The number of amides is 1. The minimum atomic E-state index is -0.510. The third kappa shape index (κ3) is 4.27. The highest BCUT2D eigenvalue weighted by atomic mass is 16.6. The number of hydrogen-bond donors (Lipinski definition) is 0. The summed E-state index contributed by atoms with van der Waals surface area (Å²) in [5.74, 6) is -0.410. The summed E-state index contributed by atoms with van der Waals surface area (Å²) in [5.41, 5.74) is 2.29. The Labute approximate surface area is 157 Å². The second-order valence-electron chi connectivity index (χ2n) is 7.28. The molecule has 3 rings (SSSR count). The first-order valence-corrected chi connectivity index (χ1v) is 8.98. The molecule has 0 spiro atoms. The van der Waals surface area contributed by atoms with Crippen LogP contribution < -0.4 is 0 Å². The summed E-state index contributed by atoms with van der Waals surface area (Å²) in [6.07, 6.45) is 3.79. The van der Waals surface area contributed by atoms with Crippen molar-refractivity contribution in [3.05, 3.63) is 35.7 Å². The lowest BCUT2D eigenvalue weighted by atomic mass is 10.0. The number of nitrogens with zero attached hydrogens (tertiary/aromatic N) is 4. The Kier molecular flexibility index (Phi) is 5.16. The van der Waals surface area contributed by atoms with Gasteiger partial charge in [-0.1, -0.05) is 6.08 Å². The lowest BCUT2D eigenvalue weighted by Crippen LogP contribution is -2.39.